The van der Waals surface area contributed by atoms with Gasteiger partial charge in [-0.1, -0.05) is 36.4 Å². The Labute approximate surface area is 175 Å². The normalized spacial score (nSPS) is 11.8. The number of nitrogens with one attached hydrogen (secondary N) is 1. The SMILES string of the molecule is CCNc1cccc2cc(C)c(N=Nc3ccc(N=NC)c4ccccc34)c(O)c12. The lowest BCUT2D eigenvalue weighted by Gasteiger charge is -2.12. The number of benzene rings is 4. The molecule has 6 heteroatoms. The number of phenolic OH excluding ortho intramolecular Hbond substituents is 1. The molecular weight excluding hydrogens is 374 g/mol. The van der Waals surface area contributed by atoms with Gasteiger partial charge in [-0.2, -0.15) is 10.2 Å². The third-order valence-electron chi connectivity index (χ3n) is 5.01. The maximum Gasteiger partial charge on any atom is 0.153 e. The molecule has 0 bridgehead atoms. The van der Waals surface area contributed by atoms with E-state index in [9.17, 15) is 5.11 Å². The second-order valence-electron chi connectivity index (χ2n) is 6.97. The molecule has 0 aromatic heterocycles. The van der Waals surface area contributed by atoms with E-state index >= 15 is 0 Å². The standard InChI is InChI=1S/C24H23N5O/c1-4-26-21-11-7-8-16-14-15(2)23(24(30)22(16)21)29-28-20-13-12-19(27-25-3)17-9-5-6-10-18(17)20/h5-14,26,30H,4H2,1-3H3. The molecule has 0 aliphatic heterocycles. The van der Waals surface area contributed by atoms with Gasteiger partial charge in [0.25, 0.3) is 0 Å². The van der Waals surface area contributed by atoms with Gasteiger partial charge in [-0.15, -0.1) is 10.2 Å². The van der Waals surface area contributed by atoms with Crippen molar-refractivity contribution in [3.8, 4) is 5.75 Å². The molecule has 2 N–H and O–H groups in total. The van der Waals surface area contributed by atoms with Gasteiger partial charge < -0.3 is 10.4 Å². The van der Waals surface area contributed by atoms with E-state index in [0.29, 0.717) is 11.4 Å². The zero-order valence-corrected chi connectivity index (χ0v) is 17.2. The fraction of sp³-hybridized carbons (Fsp3) is 0.167. The second-order valence-corrected chi connectivity index (χ2v) is 6.97. The first-order valence-electron chi connectivity index (χ1n) is 9.86. The van der Waals surface area contributed by atoms with Gasteiger partial charge >= 0.3 is 0 Å². The van der Waals surface area contributed by atoms with E-state index in [1.807, 2.05) is 74.5 Å². The number of azo groups is 2. The first kappa shape index (κ1) is 19.5. The van der Waals surface area contributed by atoms with Crippen molar-refractivity contribution in [3.63, 3.8) is 0 Å². The molecule has 0 amide bonds. The van der Waals surface area contributed by atoms with Crippen LogP contribution in [0.25, 0.3) is 21.5 Å². The highest BCUT2D eigenvalue weighted by Gasteiger charge is 2.14. The summed E-state index contributed by atoms with van der Waals surface area (Å²) in [6.45, 7) is 4.71. The highest BCUT2D eigenvalue weighted by Crippen LogP contribution is 2.42. The number of aromatic hydroxyl groups is 1. The minimum atomic E-state index is 0.131. The van der Waals surface area contributed by atoms with Crippen LogP contribution in [0.1, 0.15) is 12.5 Å². The van der Waals surface area contributed by atoms with E-state index in [1.54, 1.807) is 7.05 Å². The van der Waals surface area contributed by atoms with Gasteiger partial charge in [0.1, 0.15) is 5.69 Å². The molecule has 4 rings (SSSR count). The van der Waals surface area contributed by atoms with Crippen molar-refractivity contribution in [1.82, 2.24) is 0 Å². The van der Waals surface area contributed by atoms with Crippen LogP contribution in [-0.4, -0.2) is 18.7 Å². The molecule has 4 aromatic carbocycles. The van der Waals surface area contributed by atoms with Gasteiger partial charge in [-0.25, -0.2) is 0 Å². The van der Waals surface area contributed by atoms with Gasteiger partial charge in [0, 0.05) is 35.4 Å². The molecule has 4 aromatic rings. The van der Waals surface area contributed by atoms with Crippen molar-refractivity contribution in [2.45, 2.75) is 13.8 Å². The quantitative estimate of drug-likeness (QED) is 0.340. The number of hydrogen-bond acceptors (Lipinski definition) is 6. The van der Waals surface area contributed by atoms with E-state index in [4.69, 9.17) is 0 Å². The second kappa shape index (κ2) is 8.29. The lowest BCUT2D eigenvalue weighted by atomic mass is 10.0. The largest absolute Gasteiger partial charge is 0.505 e. The average Bonchev–Trinajstić information content (AvgIpc) is 2.75. The molecule has 0 unspecified atom stereocenters. The van der Waals surface area contributed by atoms with Crippen molar-refractivity contribution in [1.29, 1.82) is 0 Å². The molecule has 0 spiro atoms. The van der Waals surface area contributed by atoms with Crippen LogP contribution in [-0.2, 0) is 0 Å². The molecule has 0 heterocycles. The van der Waals surface area contributed by atoms with E-state index in [0.717, 1.165) is 45.0 Å². The van der Waals surface area contributed by atoms with E-state index in [2.05, 4.69) is 25.8 Å². The van der Waals surface area contributed by atoms with Gasteiger partial charge in [0.05, 0.1) is 11.4 Å². The van der Waals surface area contributed by atoms with E-state index in [-0.39, 0.29) is 5.75 Å². The summed E-state index contributed by atoms with van der Waals surface area (Å²) in [6, 6.07) is 19.6. The van der Waals surface area contributed by atoms with Crippen LogP contribution < -0.4 is 5.32 Å². The van der Waals surface area contributed by atoms with Gasteiger partial charge in [-0.3, -0.25) is 0 Å². The number of nitrogens with zero attached hydrogens (tertiary/aromatic N) is 4. The summed E-state index contributed by atoms with van der Waals surface area (Å²) in [6.07, 6.45) is 0. The number of phenols is 1. The summed E-state index contributed by atoms with van der Waals surface area (Å²) in [5.74, 6) is 0.131. The van der Waals surface area contributed by atoms with Crippen molar-refractivity contribution >= 4 is 44.3 Å². The molecule has 0 aliphatic rings. The summed E-state index contributed by atoms with van der Waals surface area (Å²) in [5.41, 5.74) is 3.70. The third kappa shape index (κ3) is 3.48. The summed E-state index contributed by atoms with van der Waals surface area (Å²) >= 11 is 0. The smallest absolute Gasteiger partial charge is 0.153 e. The Hall–Kier alpha value is -3.80. The lowest BCUT2D eigenvalue weighted by molar-refractivity contribution is 0.482. The summed E-state index contributed by atoms with van der Waals surface area (Å²) in [7, 11) is 1.65. The number of anilines is 1. The Balaban J connectivity index is 1.85. The highest BCUT2D eigenvalue weighted by atomic mass is 16.3. The summed E-state index contributed by atoms with van der Waals surface area (Å²) < 4.78 is 0. The van der Waals surface area contributed by atoms with Gasteiger partial charge in [-0.05, 0) is 49.1 Å². The topological polar surface area (TPSA) is 81.7 Å². The van der Waals surface area contributed by atoms with Crippen LogP contribution in [0.5, 0.6) is 5.75 Å². The molecule has 30 heavy (non-hydrogen) atoms. The van der Waals surface area contributed by atoms with Crippen LogP contribution in [0.4, 0.5) is 22.7 Å². The van der Waals surface area contributed by atoms with Crippen LogP contribution in [0.2, 0.25) is 0 Å². The zero-order valence-electron chi connectivity index (χ0n) is 17.2. The summed E-state index contributed by atoms with van der Waals surface area (Å²) in [4.78, 5) is 0. The average molecular weight is 397 g/mol. The van der Waals surface area contributed by atoms with Crippen LogP contribution in [0.15, 0.2) is 81.1 Å². The molecule has 0 fully saturated rings. The first-order valence-corrected chi connectivity index (χ1v) is 9.86. The Morgan fingerprint density at radius 1 is 0.867 bits per heavy atom. The number of rotatable bonds is 5. The van der Waals surface area contributed by atoms with Crippen LogP contribution in [0.3, 0.4) is 0 Å². The first-order chi connectivity index (χ1) is 14.6. The van der Waals surface area contributed by atoms with Gasteiger partial charge in [0.15, 0.2) is 5.75 Å². The Bertz CT molecular complexity index is 1290. The maximum absolute atomic E-state index is 11.0. The Morgan fingerprint density at radius 2 is 1.57 bits per heavy atom. The zero-order chi connectivity index (χ0) is 21.1. The molecule has 0 aliphatic carbocycles. The molecule has 0 atom stereocenters. The minimum absolute atomic E-state index is 0.131. The molecule has 0 saturated heterocycles. The highest BCUT2D eigenvalue weighted by molar-refractivity contribution is 6.02. The van der Waals surface area contributed by atoms with Crippen LogP contribution >= 0.6 is 0 Å². The molecule has 150 valence electrons. The van der Waals surface area contributed by atoms with Gasteiger partial charge in [0.2, 0.25) is 0 Å². The van der Waals surface area contributed by atoms with Crippen molar-refractivity contribution in [2.75, 3.05) is 18.9 Å². The van der Waals surface area contributed by atoms with Crippen molar-refractivity contribution in [3.05, 3.63) is 66.2 Å². The number of aryl methyl sites for hydroxylation is 1. The van der Waals surface area contributed by atoms with E-state index in [1.165, 1.54) is 0 Å². The fourth-order valence-corrected chi connectivity index (χ4v) is 3.68. The Morgan fingerprint density at radius 3 is 2.23 bits per heavy atom. The molecule has 0 radical (unpaired) electrons. The predicted octanol–water partition coefficient (Wildman–Crippen LogP) is 7.57. The van der Waals surface area contributed by atoms with E-state index < -0.39 is 0 Å². The summed E-state index contributed by atoms with van der Waals surface area (Å²) in [5, 5.41) is 34.9. The number of fused-ring (bicyclic) bond motifs is 2. The maximum atomic E-state index is 11.0. The Kier molecular flexibility index (Phi) is 5.39. The molecule has 6 nitrogen and oxygen atoms in total. The van der Waals surface area contributed by atoms with Crippen LogP contribution in [0, 0.1) is 6.92 Å². The molecular formula is C24H23N5O. The monoisotopic (exact) mass is 397 g/mol. The predicted molar refractivity (Wildman–Crippen MR) is 123 cm³/mol. The third-order valence-corrected chi connectivity index (χ3v) is 5.01. The molecule has 0 saturated carbocycles. The fourth-order valence-electron chi connectivity index (χ4n) is 3.68. The lowest BCUT2D eigenvalue weighted by Crippen LogP contribution is -1.97. The number of hydrogen-bond donors (Lipinski definition) is 2. The van der Waals surface area contributed by atoms with Crippen molar-refractivity contribution < 1.29 is 5.11 Å². The minimum Gasteiger partial charge on any atom is -0.505 e. The van der Waals surface area contributed by atoms with Crippen molar-refractivity contribution in [2.24, 2.45) is 20.5 Å².